The normalized spacial score (nSPS) is 16.8. The van der Waals surface area contributed by atoms with E-state index in [9.17, 15) is 24.0 Å². The molecule has 3 atom stereocenters. The van der Waals surface area contributed by atoms with Gasteiger partial charge in [-0.1, -0.05) is 13.8 Å². The molecule has 11 nitrogen and oxygen atoms in total. The zero-order valence-corrected chi connectivity index (χ0v) is 24.4. The Hall–Kier alpha value is -2.18. The number of likely N-dealkylation sites (N-methyl/N-ethyl adjacent to an activating group) is 1. The summed E-state index contributed by atoms with van der Waals surface area (Å²) in [7, 11) is 1.93. The van der Waals surface area contributed by atoms with E-state index in [1.807, 2.05) is 46.6 Å². The van der Waals surface area contributed by atoms with Crippen LogP contribution in [-0.4, -0.2) is 83.7 Å². The molecule has 12 heteroatoms. The van der Waals surface area contributed by atoms with Gasteiger partial charge in [0.1, 0.15) is 17.9 Å². The molecule has 1 fully saturated rings. The molecule has 0 aromatic carbocycles. The number of nitrogens with two attached hydrogens (primary N) is 3. The maximum atomic E-state index is 12.0. The Kier molecular flexibility index (Phi) is 19.9. The molecule has 1 aliphatic heterocycles. The van der Waals surface area contributed by atoms with Crippen molar-refractivity contribution >= 4 is 41.7 Å². The number of carbonyl (C=O) groups excluding carboxylic acids is 5. The van der Waals surface area contributed by atoms with E-state index in [2.05, 4.69) is 11.1 Å². The van der Waals surface area contributed by atoms with Gasteiger partial charge < -0.3 is 32.0 Å². The van der Waals surface area contributed by atoms with Gasteiger partial charge >= 0.3 is 5.97 Å². The van der Waals surface area contributed by atoms with Crippen molar-refractivity contribution in [2.75, 3.05) is 25.1 Å². The predicted molar refractivity (Wildman–Crippen MR) is 148 cm³/mol. The molecule has 1 rings (SSSR count). The second-order valence-electron chi connectivity index (χ2n) is 10.4. The highest BCUT2D eigenvalue weighted by atomic mass is 32.2. The number of nitrogens with one attached hydrogen (secondary N) is 1. The van der Waals surface area contributed by atoms with E-state index in [-0.39, 0.29) is 23.8 Å². The van der Waals surface area contributed by atoms with Crippen molar-refractivity contribution in [2.24, 2.45) is 23.1 Å². The van der Waals surface area contributed by atoms with Crippen molar-refractivity contribution in [1.82, 2.24) is 10.2 Å². The molecular weight excluding hydrogens is 498 g/mol. The number of ether oxygens (including phenoxy) is 1. The lowest BCUT2D eigenvalue weighted by Crippen LogP contribution is -2.50. The molecular formula is C25H49N5O6S. The number of rotatable bonds is 12. The molecule has 0 aromatic rings. The third-order valence-electron chi connectivity index (χ3n) is 4.76. The van der Waals surface area contributed by atoms with Gasteiger partial charge in [0.15, 0.2) is 0 Å². The van der Waals surface area contributed by atoms with E-state index in [0.717, 1.165) is 37.8 Å². The molecule has 0 spiro atoms. The summed E-state index contributed by atoms with van der Waals surface area (Å²) in [5.41, 5.74) is 14.8. The molecule has 1 heterocycles. The van der Waals surface area contributed by atoms with Gasteiger partial charge in [0.25, 0.3) is 0 Å². The molecule has 216 valence electrons. The van der Waals surface area contributed by atoms with Gasteiger partial charge in [0, 0.05) is 19.1 Å². The number of likely N-dealkylation sites (tertiary alicyclic amines) is 1. The Labute approximate surface area is 226 Å². The fourth-order valence-electron chi connectivity index (χ4n) is 3.20. The van der Waals surface area contributed by atoms with E-state index in [1.54, 1.807) is 11.8 Å². The maximum absolute atomic E-state index is 12.0. The van der Waals surface area contributed by atoms with Crippen LogP contribution in [0, 0.1) is 5.92 Å². The van der Waals surface area contributed by atoms with Crippen molar-refractivity contribution in [3.63, 3.8) is 0 Å². The molecule has 37 heavy (non-hydrogen) atoms. The summed E-state index contributed by atoms with van der Waals surface area (Å²) in [4.78, 5) is 56.0. The van der Waals surface area contributed by atoms with Crippen LogP contribution < -0.4 is 22.5 Å². The van der Waals surface area contributed by atoms with Gasteiger partial charge in [-0.3, -0.25) is 24.1 Å². The first-order valence-electron chi connectivity index (χ1n) is 12.6. The SMILES string of the molecule is CC(C)(C)OC(=O)CCCSCC(N)C=O.CC(C)CC(NC(=O)C1CCCN1C)C(N)=O.CC(N)=O. The molecule has 0 aromatic heterocycles. The van der Waals surface area contributed by atoms with Crippen LogP contribution in [0.25, 0.3) is 0 Å². The zero-order chi connectivity index (χ0) is 29.2. The quantitative estimate of drug-likeness (QED) is 0.157. The lowest BCUT2D eigenvalue weighted by atomic mass is 10.0. The Bertz CT molecular complexity index is 710. The Morgan fingerprint density at radius 2 is 1.76 bits per heavy atom. The van der Waals surface area contributed by atoms with Crippen LogP contribution in [0.5, 0.6) is 0 Å². The van der Waals surface area contributed by atoms with Gasteiger partial charge in [-0.2, -0.15) is 11.8 Å². The highest BCUT2D eigenvalue weighted by molar-refractivity contribution is 7.99. The number of primary amides is 2. The summed E-state index contributed by atoms with van der Waals surface area (Å²) < 4.78 is 5.16. The fraction of sp³-hybridized carbons (Fsp3) is 0.800. The topological polar surface area (TPSA) is 188 Å². The lowest BCUT2D eigenvalue weighted by molar-refractivity contribution is -0.154. The third-order valence-corrected chi connectivity index (χ3v) is 5.96. The van der Waals surface area contributed by atoms with Crippen LogP contribution >= 0.6 is 11.8 Å². The highest BCUT2D eigenvalue weighted by Gasteiger charge is 2.30. The molecule has 7 N–H and O–H groups in total. The average molecular weight is 548 g/mol. The Morgan fingerprint density at radius 3 is 2.16 bits per heavy atom. The number of esters is 1. The molecule has 0 saturated carbocycles. The number of hydrogen-bond acceptors (Lipinski definition) is 9. The molecule has 0 bridgehead atoms. The summed E-state index contributed by atoms with van der Waals surface area (Å²) in [5.74, 6) is 0.725. The third kappa shape index (κ3) is 22.7. The number of aldehydes is 1. The summed E-state index contributed by atoms with van der Waals surface area (Å²) in [6.07, 6.45) is 4.39. The minimum Gasteiger partial charge on any atom is -0.460 e. The molecule has 1 saturated heterocycles. The van der Waals surface area contributed by atoms with E-state index < -0.39 is 23.6 Å². The first-order valence-corrected chi connectivity index (χ1v) is 13.7. The molecule has 0 aliphatic carbocycles. The summed E-state index contributed by atoms with van der Waals surface area (Å²) >= 11 is 1.58. The number of carbonyl (C=O) groups is 5. The predicted octanol–water partition coefficient (Wildman–Crippen LogP) is 0.956. The zero-order valence-electron chi connectivity index (χ0n) is 23.6. The molecule has 0 radical (unpaired) electrons. The van der Waals surface area contributed by atoms with Crippen molar-refractivity contribution in [2.45, 2.75) is 97.4 Å². The van der Waals surface area contributed by atoms with Gasteiger partial charge in [0.2, 0.25) is 17.7 Å². The molecule has 3 unspecified atom stereocenters. The smallest absolute Gasteiger partial charge is 0.306 e. The monoisotopic (exact) mass is 547 g/mol. The average Bonchev–Trinajstić information content (AvgIpc) is 3.17. The van der Waals surface area contributed by atoms with Gasteiger partial charge in [-0.05, 0) is 71.7 Å². The van der Waals surface area contributed by atoms with E-state index in [1.165, 1.54) is 6.92 Å². The molecule has 3 amide bonds. The Balaban J connectivity index is 0. The number of amides is 3. The van der Waals surface area contributed by atoms with Gasteiger partial charge in [-0.25, -0.2) is 0 Å². The van der Waals surface area contributed by atoms with Crippen molar-refractivity contribution in [3.05, 3.63) is 0 Å². The second-order valence-corrected chi connectivity index (χ2v) is 11.6. The maximum Gasteiger partial charge on any atom is 0.306 e. The standard InChI is InChI=1S/C12H23N3O2.C11H21NO3S.C2H5NO/c1-8(2)7-9(11(13)16)14-12(17)10-5-4-6-15(10)3;1-11(2,3)15-10(14)5-4-6-16-8-9(12)7-13;1-2(3)4/h8-10H,4-7H2,1-3H3,(H2,13,16)(H,14,17);7,9H,4-6,8,12H2,1-3H3;1H3,(H2,3,4). The van der Waals surface area contributed by atoms with Crippen LogP contribution in [0.3, 0.4) is 0 Å². The first kappa shape index (κ1) is 37.0. The highest BCUT2D eigenvalue weighted by Crippen LogP contribution is 2.15. The second kappa shape index (κ2) is 19.9. The summed E-state index contributed by atoms with van der Waals surface area (Å²) in [6, 6.07) is -1.05. The number of thioether (sulfide) groups is 1. The van der Waals surface area contributed by atoms with Crippen LogP contribution in [0.2, 0.25) is 0 Å². The first-order chi connectivity index (χ1) is 17.0. The number of nitrogens with zero attached hydrogens (tertiary/aromatic N) is 1. The summed E-state index contributed by atoms with van der Waals surface area (Å²) in [5, 5.41) is 2.76. The fourth-order valence-corrected chi connectivity index (χ4v) is 4.06. The van der Waals surface area contributed by atoms with Crippen LogP contribution in [0.15, 0.2) is 0 Å². The van der Waals surface area contributed by atoms with E-state index in [4.69, 9.17) is 16.2 Å². The van der Waals surface area contributed by atoms with E-state index in [0.29, 0.717) is 24.5 Å². The molecule has 1 aliphatic rings. The Morgan fingerprint density at radius 1 is 1.19 bits per heavy atom. The lowest BCUT2D eigenvalue weighted by Gasteiger charge is -2.23. The number of hydrogen-bond donors (Lipinski definition) is 4. The summed E-state index contributed by atoms with van der Waals surface area (Å²) in [6.45, 7) is 11.8. The van der Waals surface area contributed by atoms with E-state index >= 15 is 0 Å². The minimum atomic E-state index is -0.545. The van der Waals surface area contributed by atoms with Crippen molar-refractivity contribution in [3.8, 4) is 0 Å². The van der Waals surface area contributed by atoms with Crippen LogP contribution in [0.1, 0.15) is 73.6 Å². The van der Waals surface area contributed by atoms with Crippen molar-refractivity contribution in [1.29, 1.82) is 0 Å². The van der Waals surface area contributed by atoms with Crippen molar-refractivity contribution < 1.29 is 28.7 Å². The van der Waals surface area contributed by atoms with Gasteiger partial charge in [-0.15, -0.1) is 0 Å². The largest absolute Gasteiger partial charge is 0.460 e. The van der Waals surface area contributed by atoms with Crippen LogP contribution in [0.4, 0.5) is 0 Å². The van der Waals surface area contributed by atoms with Crippen LogP contribution in [-0.2, 0) is 28.7 Å². The minimum absolute atomic E-state index is 0.0746. The van der Waals surface area contributed by atoms with Gasteiger partial charge in [0.05, 0.1) is 12.1 Å².